The van der Waals surface area contributed by atoms with E-state index < -0.39 is 12.0 Å². The molecule has 1 amide bonds. The molecule has 1 fully saturated rings. The van der Waals surface area contributed by atoms with Gasteiger partial charge in [0, 0.05) is 19.4 Å². The Kier molecular flexibility index (Phi) is 8.00. The molecule has 2 N–H and O–H groups in total. The Labute approximate surface area is 203 Å². The van der Waals surface area contributed by atoms with Crippen LogP contribution < -0.4 is 10.1 Å². The zero-order chi connectivity index (χ0) is 23.9. The van der Waals surface area contributed by atoms with Crippen LogP contribution in [0.1, 0.15) is 37.7 Å². The van der Waals surface area contributed by atoms with E-state index in [1.807, 2.05) is 55.6 Å². The van der Waals surface area contributed by atoms with E-state index in [9.17, 15) is 14.7 Å². The maximum Gasteiger partial charge on any atom is 0.326 e. The molecule has 0 unspecified atom stereocenters. The summed E-state index contributed by atoms with van der Waals surface area (Å²) in [5.74, 6) is 0.161. The van der Waals surface area contributed by atoms with Gasteiger partial charge in [-0.25, -0.2) is 9.78 Å². The third-order valence-electron chi connectivity index (χ3n) is 6.28. The van der Waals surface area contributed by atoms with Crippen LogP contribution in [0.5, 0.6) is 5.75 Å². The number of aromatic nitrogens is 1. The molecular weight excluding hydrogens is 450 g/mol. The van der Waals surface area contributed by atoms with E-state index in [4.69, 9.17) is 4.74 Å². The third-order valence-corrected chi connectivity index (χ3v) is 7.25. The van der Waals surface area contributed by atoms with Gasteiger partial charge < -0.3 is 20.1 Å². The van der Waals surface area contributed by atoms with Crippen molar-refractivity contribution in [1.29, 1.82) is 0 Å². The molecule has 0 aliphatic heterocycles. The van der Waals surface area contributed by atoms with Crippen molar-refractivity contribution in [2.45, 2.75) is 44.6 Å². The van der Waals surface area contributed by atoms with Crippen LogP contribution in [0.4, 0.5) is 5.13 Å². The van der Waals surface area contributed by atoms with Crippen molar-refractivity contribution in [1.82, 2.24) is 9.88 Å². The van der Waals surface area contributed by atoms with Gasteiger partial charge in [0.1, 0.15) is 18.4 Å². The average molecular weight is 482 g/mol. The first-order chi connectivity index (χ1) is 16.5. The fourth-order valence-electron chi connectivity index (χ4n) is 4.31. The van der Waals surface area contributed by atoms with E-state index in [-0.39, 0.29) is 11.8 Å². The number of likely N-dealkylation sites (N-methyl/N-ethyl adjacent to an activating group) is 1. The summed E-state index contributed by atoms with van der Waals surface area (Å²) in [6.07, 6.45) is 5.84. The fraction of sp³-hybridized carbons (Fsp3) is 0.423. The lowest BCUT2D eigenvalue weighted by atomic mass is 9.88. The van der Waals surface area contributed by atoms with E-state index in [0.29, 0.717) is 30.5 Å². The molecule has 180 valence electrons. The van der Waals surface area contributed by atoms with Gasteiger partial charge in [0.25, 0.3) is 0 Å². The molecule has 2 aromatic carbocycles. The number of nitrogens with one attached hydrogen (secondary N) is 1. The van der Waals surface area contributed by atoms with Gasteiger partial charge in [-0.05, 0) is 42.7 Å². The van der Waals surface area contributed by atoms with Crippen molar-refractivity contribution >= 4 is 38.6 Å². The van der Waals surface area contributed by atoms with Crippen LogP contribution in [0.25, 0.3) is 10.2 Å². The van der Waals surface area contributed by atoms with Crippen LogP contribution in [-0.2, 0) is 16.0 Å². The van der Waals surface area contributed by atoms with Crippen molar-refractivity contribution < 1.29 is 19.4 Å². The zero-order valence-corrected chi connectivity index (χ0v) is 20.2. The number of amides is 1. The minimum Gasteiger partial charge on any atom is -0.492 e. The smallest absolute Gasteiger partial charge is 0.326 e. The van der Waals surface area contributed by atoms with E-state index in [0.717, 1.165) is 41.5 Å². The highest BCUT2D eigenvalue weighted by atomic mass is 32.1. The van der Waals surface area contributed by atoms with Gasteiger partial charge >= 0.3 is 5.97 Å². The number of ether oxygens (including phenoxy) is 1. The molecule has 1 aliphatic rings. The predicted octanol–water partition coefficient (Wildman–Crippen LogP) is 4.82. The van der Waals surface area contributed by atoms with Crippen molar-refractivity contribution in [3.8, 4) is 5.75 Å². The molecule has 0 saturated heterocycles. The first-order valence-electron chi connectivity index (χ1n) is 11.8. The highest BCUT2D eigenvalue weighted by molar-refractivity contribution is 7.22. The summed E-state index contributed by atoms with van der Waals surface area (Å²) in [5.41, 5.74) is 1.74. The number of anilines is 1. The molecule has 1 saturated carbocycles. The van der Waals surface area contributed by atoms with E-state index >= 15 is 0 Å². The van der Waals surface area contributed by atoms with Gasteiger partial charge in [0.15, 0.2) is 5.13 Å². The van der Waals surface area contributed by atoms with E-state index in [2.05, 4.69) is 10.3 Å². The number of para-hydroxylation sites is 1. The predicted molar refractivity (Wildman–Crippen MR) is 135 cm³/mol. The monoisotopic (exact) mass is 481 g/mol. The SMILES string of the molecule is CN(CCOc1ccc(C[C@H](Nc2nc3ccccc3s2)C(=O)O)cc1)C(=O)C1CCCCC1. The molecule has 1 aliphatic carbocycles. The van der Waals surface area contributed by atoms with E-state index in [1.165, 1.54) is 17.8 Å². The summed E-state index contributed by atoms with van der Waals surface area (Å²) in [6, 6.07) is 14.4. The van der Waals surface area contributed by atoms with Gasteiger partial charge in [-0.15, -0.1) is 0 Å². The molecule has 7 nitrogen and oxygen atoms in total. The number of fused-ring (bicyclic) bond motifs is 1. The largest absolute Gasteiger partial charge is 0.492 e. The van der Waals surface area contributed by atoms with Gasteiger partial charge in [0.2, 0.25) is 5.91 Å². The minimum atomic E-state index is -0.926. The Morgan fingerprint density at radius 2 is 1.88 bits per heavy atom. The number of benzene rings is 2. The molecule has 0 radical (unpaired) electrons. The first kappa shape index (κ1) is 24.0. The first-order valence-corrected chi connectivity index (χ1v) is 12.6. The number of carboxylic acid groups (broad SMARTS) is 1. The van der Waals surface area contributed by atoms with Crippen LogP contribution in [0.3, 0.4) is 0 Å². The number of nitrogens with zero attached hydrogens (tertiary/aromatic N) is 2. The Balaban J connectivity index is 1.27. The molecule has 1 heterocycles. The number of carbonyl (C=O) groups excluding carboxylic acids is 1. The number of hydrogen-bond acceptors (Lipinski definition) is 6. The van der Waals surface area contributed by atoms with Crippen molar-refractivity contribution in [2.75, 3.05) is 25.5 Å². The van der Waals surface area contributed by atoms with Crippen molar-refractivity contribution in [3.05, 3.63) is 54.1 Å². The quantitative estimate of drug-likeness (QED) is 0.431. The summed E-state index contributed by atoms with van der Waals surface area (Å²) in [7, 11) is 1.84. The van der Waals surface area contributed by atoms with Gasteiger partial charge in [-0.3, -0.25) is 4.79 Å². The highest BCUT2D eigenvalue weighted by Crippen LogP contribution is 2.27. The number of thiazole rings is 1. The van der Waals surface area contributed by atoms with E-state index in [1.54, 1.807) is 4.90 Å². The van der Waals surface area contributed by atoms with Crippen LogP contribution in [0.2, 0.25) is 0 Å². The van der Waals surface area contributed by atoms with Crippen molar-refractivity contribution in [2.24, 2.45) is 5.92 Å². The topological polar surface area (TPSA) is 91.8 Å². The second-order valence-electron chi connectivity index (χ2n) is 8.81. The maximum absolute atomic E-state index is 12.5. The summed E-state index contributed by atoms with van der Waals surface area (Å²) in [6.45, 7) is 0.968. The molecule has 0 spiro atoms. The number of carbonyl (C=O) groups is 2. The standard InChI is InChI=1S/C26H31N3O4S/c1-29(24(30)19-7-3-2-4-8-19)15-16-33-20-13-11-18(12-14-20)17-22(25(31)32)28-26-27-21-9-5-6-10-23(21)34-26/h5-6,9-14,19,22H,2-4,7-8,15-17H2,1H3,(H,27,28)(H,31,32)/t22-/m0/s1. The second kappa shape index (κ2) is 11.3. The Hall–Kier alpha value is -3.13. The number of carboxylic acids is 1. The summed E-state index contributed by atoms with van der Waals surface area (Å²) in [4.78, 5) is 30.6. The third kappa shape index (κ3) is 6.26. The number of aliphatic carboxylic acids is 1. The van der Waals surface area contributed by atoms with Crippen LogP contribution in [-0.4, -0.2) is 53.1 Å². The number of hydrogen-bond donors (Lipinski definition) is 2. The van der Waals surface area contributed by atoms with Crippen molar-refractivity contribution in [3.63, 3.8) is 0 Å². The highest BCUT2D eigenvalue weighted by Gasteiger charge is 2.24. The molecule has 4 rings (SSSR count). The lowest BCUT2D eigenvalue weighted by molar-refractivity contribution is -0.138. The molecule has 34 heavy (non-hydrogen) atoms. The Morgan fingerprint density at radius 3 is 2.59 bits per heavy atom. The lowest BCUT2D eigenvalue weighted by Gasteiger charge is -2.26. The number of rotatable bonds is 10. The maximum atomic E-state index is 12.5. The zero-order valence-electron chi connectivity index (χ0n) is 19.4. The summed E-state index contributed by atoms with van der Waals surface area (Å²) < 4.78 is 6.83. The van der Waals surface area contributed by atoms with Crippen LogP contribution >= 0.6 is 11.3 Å². The summed E-state index contributed by atoms with van der Waals surface area (Å²) >= 11 is 1.44. The van der Waals surface area contributed by atoms with Gasteiger partial charge in [0.05, 0.1) is 16.8 Å². The van der Waals surface area contributed by atoms with Gasteiger partial charge in [-0.1, -0.05) is 54.9 Å². The van der Waals surface area contributed by atoms with Gasteiger partial charge in [-0.2, -0.15) is 0 Å². The van der Waals surface area contributed by atoms with Crippen LogP contribution in [0.15, 0.2) is 48.5 Å². The minimum absolute atomic E-state index is 0.164. The van der Waals surface area contributed by atoms with Crippen LogP contribution in [0, 0.1) is 5.92 Å². The summed E-state index contributed by atoms with van der Waals surface area (Å²) in [5, 5.41) is 13.3. The average Bonchev–Trinajstić information content (AvgIpc) is 3.27. The normalized spacial score (nSPS) is 15.1. The molecule has 3 aromatic rings. The lowest BCUT2D eigenvalue weighted by Crippen LogP contribution is -2.36. The molecular formula is C26H31N3O4S. The fourth-order valence-corrected chi connectivity index (χ4v) is 5.23. The Morgan fingerprint density at radius 1 is 1.15 bits per heavy atom. The molecule has 0 bridgehead atoms. The molecule has 1 aromatic heterocycles. The molecule has 1 atom stereocenters. The Bertz CT molecular complexity index is 1080. The second-order valence-corrected chi connectivity index (χ2v) is 9.84. The molecule has 8 heteroatoms.